The van der Waals surface area contributed by atoms with Crippen LogP contribution in [0.25, 0.3) is 10.4 Å². The number of rotatable bonds is 5. The van der Waals surface area contributed by atoms with Crippen LogP contribution in [0.2, 0.25) is 0 Å². The van der Waals surface area contributed by atoms with Crippen molar-refractivity contribution in [3.8, 4) is 16.2 Å². The van der Waals surface area contributed by atoms with Crippen LogP contribution in [0.3, 0.4) is 0 Å². The van der Waals surface area contributed by atoms with Gasteiger partial charge in [0.05, 0.1) is 13.2 Å². The van der Waals surface area contributed by atoms with Gasteiger partial charge in [-0.3, -0.25) is 4.79 Å². The number of hydrogen-bond donors (Lipinski definition) is 1. The number of methoxy groups -OCH3 is 1. The number of nitrogens with zero attached hydrogens (tertiary/aromatic N) is 1. The predicted molar refractivity (Wildman–Crippen MR) is 112 cm³/mol. The topological polar surface area (TPSA) is 49.8 Å². The fraction of sp³-hybridized carbons (Fsp3) is 0.261. The molecule has 1 amide bonds. The van der Waals surface area contributed by atoms with Gasteiger partial charge in [0.15, 0.2) is 0 Å². The van der Waals surface area contributed by atoms with Gasteiger partial charge in [0.25, 0.3) is 0 Å². The summed E-state index contributed by atoms with van der Waals surface area (Å²) in [6.07, 6.45) is -0.304. The van der Waals surface area contributed by atoms with Gasteiger partial charge in [0.1, 0.15) is 11.9 Å². The van der Waals surface area contributed by atoms with Crippen LogP contribution in [0.5, 0.6) is 5.75 Å². The van der Waals surface area contributed by atoms with Crippen molar-refractivity contribution in [1.82, 2.24) is 4.90 Å². The summed E-state index contributed by atoms with van der Waals surface area (Å²) in [6, 6.07) is 21.6. The smallest absolute Gasteiger partial charge is 0.223 e. The molecular formula is C23H23NO3S. The molecule has 0 bridgehead atoms. The van der Waals surface area contributed by atoms with Gasteiger partial charge in [-0.15, -0.1) is 11.3 Å². The van der Waals surface area contributed by atoms with Gasteiger partial charge in [-0.2, -0.15) is 0 Å². The van der Waals surface area contributed by atoms with Crippen LogP contribution >= 0.6 is 11.3 Å². The van der Waals surface area contributed by atoms with Crippen LogP contribution in [-0.4, -0.2) is 36.1 Å². The molecule has 5 heteroatoms. The maximum atomic E-state index is 12.4. The Morgan fingerprint density at radius 3 is 2.64 bits per heavy atom. The number of likely N-dealkylation sites (tertiary alicyclic amines) is 1. The lowest BCUT2D eigenvalue weighted by Crippen LogP contribution is -2.36. The third-order valence-electron chi connectivity index (χ3n) is 5.47. The lowest BCUT2D eigenvalue weighted by molar-refractivity contribution is -0.128. The zero-order valence-electron chi connectivity index (χ0n) is 15.9. The Balaban J connectivity index is 1.63. The summed E-state index contributed by atoms with van der Waals surface area (Å²) in [5.74, 6) is 0.858. The predicted octanol–water partition coefficient (Wildman–Crippen LogP) is 4.47. The molecule has 0 aliphatic carbocycles. The second-order valence-electron chi connectivity index (χ2n) is 7.10. The van der Waals surface area contributed by atoms with Crippen molar-refractivity contribution in [3.05, 3.63) is 77.2 Å². The minimum atomic E-state index is -0.731. The van der Waals surface area contributed by atoms with Crippen LogP contribution in [0.15, 0.2) is 66.7 Å². The molecule has 4 nitrogen and oxygen atoms in total. The Bertz CT molecular complexity index is 969. The molecule has 1 fully saturated rings. The van der Waals surface area contributed by atoms with Gasteiger partial charge >= 0.3 is 0 Å². The number of ether oxygens (including phenoxy) is 1. The lowest BCUT2D eigenvalue weighted by Gasteiger charge is -2.29. The Morgan fingerprint density at radius 1 is 1.11 bits per heavy atom. The lowest BCUT2D eigenvalue weighted by atomic mass is 9.88. The van der Waals surface area contributed by atoms with Gasteiger partial charge in [-0.25, -0.2) is 0 Å². The largest absolute Gasteiger partial charge is 0.497 e. The van der Waals surface area contributed by atoms with Crippen LogP contribution in [0.1, 0.15) is 28.9 Å². The first-order valence-corrected chi connectivity index (χ1v) is 10.1. The fourth-order valence-electron chi connectivity index (χ4n) is 3.95. The third kappa shape index (κ3) is 3.43. The molecule has 2 heterocycles. The molecule has 0 radical (unpaired) electrons. The summed E-state index contributed by atoms with van der Waals surface area (Å²) in [5.41, 5.74) is 2.15. The van der Waals surface area contributed by atoms with Crippen molar-refractivity contribution in [3.63, 3.8) is 0 Å². The molecule has 3 atom stereocenters. The molecule has 1 N–H and O–H groups in total. The van der Waals surface area contributed by atoms with E-state index in [-0.39, 0.29) is 17.9 Å². The minimum Gasteiger partial charge on any atom is -0.497 e. The normalized spacial score (nSPS) is 20.4. The van der Waals surface area contributed by atoms with Gasteiger partial charge in [-0.05, 0) is 35.4 Å². The average Bonchev–Trinajstić information content (AvgIpc) is 3.34. The van der Waals surface area contributed by atoms with Crippen molar-refractivity contribution in [2.24, 2.45) is 0 Å². The number of benzene rings is 2. The van der Waals surface area contributed by atoms with Crippen molar-refractivity contribution in [1.29, 1.82) is 0 Å². The summed E-state index contributed by atoms with van der Waals surface area (Å²) in [7, 11) is 3.44. The first-order valence-electron chi connectivity index (χ1n) is 9.31. The minimum absolute atomic E-state index is 0.0175. The van der Waals surface area contributed by atoms with E-state index in [0.717, 1.165) is 26.6 Å². The SMILES string of the molecule is COc1cccc(-c2ccc(C(O)[C@H]3[C@@H](c4ccccc4)CC(=O)N3C)s2)c1. The van der Waals surface area contributed by atoms with Crippen molar-refractivity contribution < 1.29 is 14.6 Å². The molecule has 4 rings (SSSR count). The van der Waals surface area contributed by atoms with Crippen molar-refractivity contribution in [2.75, 3.05) is 14.2 Å². The maximum Gasteiger partial charge on any atom is 0.223 e. The molecule has 1 unspecified atom stereocenters. The zero-order chi connectivity index (χ0) is 19.7. The van der Waals surface area contributed by atoms with Crippen LogP contribution < -0.4 is 4.74 Å². The van der Waals surface area contributed by atoms with E-state index in [1.807, 2.05) is 66.7 Å². The molecule has 0 saturated carbocycles. The highest BCUT2D eigenvalue weighted by Crippen LogP contribution is 2.42. The summed E-state index contributed by atoms with van der Waals surface area (Å²) in [6.45, 7) is 0. The second-order valence-corrected chi connectivity index (χ2v) is 8.21. The standard InChI is InChI=1S/C23H23NO3S/c1-24-21(25)14-18(15-7-4-3-5-8-15)22(24)23(26)20-12-11-19(28-20)16-9-6-10-17(13-16)27-2/h3-13,18,22-23,26H,14H2,1-2H3/t18-,22-,23?/m1/s1. The molecule has 28 heavy (non-hydrogen) atoms. The van der Waals surface area contributed by atoms with E-state index in [9.17, 15) is 9.90 Å². The number of aliphatic hydroxyl groups is 1. The van der Waals surface area contributed by atoms with E-state index in [2.05, 4.69) is 0 Å². The Kier molecular flexibility index (Phi) is 5.20. The van der Waals surface area contributed by atoms with Gasteiger partial charge < -0.3 is 14.7 Å². The van der Waals surface area contributed by atoms with Crippen LogP contribution in [-0.2, 0) is 4.79 Å². The molecule has 1 aliphatic heterocycles. The van der Waals surface area contributed by atoms with Crippen LogP contribution in [0, 0.1) is 0 Å². The quantitative estimate of drug-likeness (QED) is 0.696. The van der Waals surface area contributed by atoms with Crippen LogP contribution in [0.4, 0.5) is 0 Å². The fourth-order valence-corrected chi connectivity index (χ4v) is 4.98. The molecule has 1 aromatic heterocycles. The van der Waals surface area contributed by atoms with Crippen molar-refractivity contribution in [2.45, 2.75) is 24.5 Å². The number of carbonyl (C=O) groups excluding carboxylic acids is 1. The number of amides is 1. The van der Waals surface area contributed by atoms with Crippen molar-refractivity contribution >= 4 is 17.2 Å². The summed E-state index contributed by atoms with van der Waals surface area (Å²) < 4.78 is 5.31. The highest BCUT2D eigenvalue weighted by Gasteiger charge is 2.43. The van der Waals surface area contributed by atoms with E-state index < -0.39 is 6.10 Å². The third-order valence-corrected chi connectivity index (χ3v) is 6.68. The van der Waals surface area contributed by atoms with Gasteiger partial charge in [-0.1, -0.05) is 42.5 Å². The summed E-state index contributed by atoms with van der Waals surface area (Å²) in [4.78, 5) is 16.0. The number of aliphatic hydroxyl groups excluding tert-OH is 1. The Labute approximate surface area is 169 Å². The van der Waals surface area contributed by atoms with E-state index >= 15 is 0 Å². The summed E-state index contributed by atoms with van der Waals surface area (Å²) in [5, 5.41) is 11.2. The van der Waals surface area contributed by atoms with E-state index in [1.165, 1.54) is 0 Å². The first-order chi connectivity index (χ1) is 13.6. The number of likely N-dealkylation sites (N-methyl/N-ethyl adjacent to an activating group) is 1. The number of thiophene rings is 1. The molecular weight excluding hydrogens is 370 g/mol. The van der Waals surface area contributed by atoms with E-state index in [4.69, 9.17) is 4.74 Å². The number of hydrogen-bond acceptors (Lipinski definition) is 4. The summed E-state index contributed by atoms with van der Waals surface area (Å²) >= 11 is 1.56. The number of carbonyl (C=O) groups is 1. The molecule has 1 aliphatic rings. The maximum absolute atomic E-state index is 12.4. The molecule has 2 aromatic carbocycles. The average molecular weight is 394 g/mol. The first kappa shape index (κ1) is 18.7. The zero-order valence-corrected chi connectivity index (χ0v) is 16.7. The van der Waals surface area contributed by atoms with E-state index in [1.54, 1.807) is 30.4 Å². The highest BCUT2D eigenvalue weighted by atomic mass is 32.1. The molecule has 1 saturated heterocycles. The molecule has 0 spiro atoms. The van der Waals surface area contributed by atoms with Gasteiger partial charge in [0, 0.05) is 29.1 Å². The second kappa shape index (κ2) is 7.78. The molecule has 3 aromatic rings. The monoisotopic (exact) mass is 393 g/mol. The van der Waals surface area contributed by atoms with E-state index in [0.29, 0.717) is 6.42 Å². The highest BCUT2D eigenvalue weighted by molar-refractivity contribution is 7.15. The Morgan fingerprint density at radius 2 is 1.89 bits per heavy atom. The van der Waals surface area contributed by atoms with Gasteiger partial charge in [0.2, 0.25) is 5.91 Å². The Hall–Kier alpha value is -2.63. The molecule has 144 valence electrons.